The molecular formula is C11H21NS. The lowest BCUT2D eigenvalue weighted by atomic mass is 10.2. The highest BCUT2D eigenvalue weighted by atomic mass is 32.2. The lowest BCUT2D eigenvalue weighted by Crippen LogP contribution is -2.00. The molecule has 0 aliphatic heterocycles. The molecule has 0 saturated heterocycles. The Morgan fingerprint density at radius 1 is 1.31 bits per heavy atom. The van der Waals surface area contributed by atoms with Crippen LogP contribution in [0.25, 0.3) is 0 Å². The normalized spacial score (nSPS) is 12.5. The first-order valence-electron chi connectivity index (χ1n) is 4.73. The molecule has 13 heavy (non-hydrogen) atoms. The van der Waals surface area contributed by atoms with Crippen LogP contribution in [0.4, 0.5) is 0 Å². The van der Waals surface area contributed by atoms with Crippen molar-refractivity contribution in [3.63, 3.8) is 0 Å². The lowest BCUT2D eigenvalue weighted by molar-refractivity contribution is 0.563. The Kier molecular flexibility index (Phi) is 8.00. The van der Waals surface area contributed by atoms with Crippen LogP contribution in [0.5, 0.6) is 0 Å². The van der Waals surface area contributed by atoms with E-state index < -0.39 is 0 Å². The molecule has 2 heteroatoms. The van der Waals surface area contributed by atoms with E-state index in [1.54, 1.807) is 0 Å². The molecule has 0 unspecified atom stereocenters. The first-order chi connectivity index (χ1) is 6.16. The number of hydrogen-bond acceptors (Lipinski definition) is 2. The van der Waals surface area contributed by atoms with E-state index in [2.05, 4.69) is 37.1 Å². The molecular weight excluding hydrogens is 178 g/mol. The summed E-state index contributed by atoms with van der Waals surface area (Å²) in [5.74, 6) is 2.24. The molecule has 0 radical (unpaired) electrons. The number of rotatable bonds is 6. The molecule has 76 valence electrons. The molecule has 0 fully saturated rings. The molecule has 0 spiro atoms. The monoisotopic (exact) mass is 199 g/mol. The maximum Gasteiger partial charge on any atom is 0.0133 e. The summed E-state index contributed by atoms with van der Waals surface area (Å²) in [6.45, 7) is 4.39. The van der Waals surface area contributed by atoms with E-state index in [1.165, 1.54) is 12.0 Å². The van der Waals surface area contributed by atoms with Gasteiger partial charge in [0.2, 0.25) is 0 Å². The maximum absolute atomic E-state index is 2.31. The molecule has 0 aliphatic carbocycles. The van der Waals surface area contributed by atoms with Crippen LogP contribution in [0.3, 0.4) is 0 Å². The van der Waals surface area contributed by atoms with Gasteiger partial charge in [-0.1, -0.05) is 24.6 Å². The van der Waals surface area contributed by atoms with Crippen molar-refractivity contribution in [2.75, 3.05) is 25.6 Å². The van der Waals surface area contributed by atoms with Gasteiger partial charge in [0.15, 0.2) is 0 Å². The van der Waals surface area contributed by atoms with Crippen molar-refractivity contribution < 1.29 is 0 Å². The highest BCUT2D eigenvalue weighted by molar-refractivity contribution is 7.99. The molecule has 0 N–H and O–H groups in total. The first kappa shape index (κ1) is 12.6. The number of allylic oxidation sites excluding steroid dienone is 1. The van der Waals surface area contributed by atoms with Crippen LogP contribution in [-0.2, 0) is 0 Å². The summed E-state index contributed by atoms with van der Waals surface area (Å²) in [5, 5.41) is 0. The van der Waals surface area contributed by atoms with Crippen molar-refractivity contribution in [2.24, 2.45) is 0 Å². The third-order valence-electron chi connectivity index (χ3n) is 1.72. The van der Waals surface area contributed by atoms with E-state index in [4.69, 9.17) is 0 Å². The summed E-state index contributed by atoms with van der Waals surface area (Å²) in [7, 11) is 4.09. The average molecular weight is 199 g/mol. The van der Waals surface area contributed by atoms with Gasteiger partial charge in [0.05, 0.1) is 0 Å². The Morgan fingerprint density at radius 3 is 2.54 bits per heavy atom. The Morgan fingerprint density at radius 2 is 2.00 bits per heavy atom. The zero-order valence-corrected chi connectivity index (χ0v) is 10.0. The molecule has 0 amide bonds. The third kappa shape index (κ3) is 9.54. The lowest BCUT2D eigenvalue weighted by Gasteiger charge is -2.02. The molecule has 0 atom stereocenters. The fourth-order valence-corrected chi connectivity index (χ4v) is 1.50. The smallest absolute Gasteiger partial charge is 0.0133 e. The van der Waals surface area contributed by atoms with Crippen LogP contribution in [0.2, 0.25) is 0 Å². The molecule has 0 aliphatic rings. The van der Waals surface area contributed by atoms with Gasteiger partial charge in [0.25, 0.3) is 0 Å². The van der Waals surface area contributed by atoms with Gasteiger partial charge in [0.1, 0.15) is 0 Å². The van der Waals surface area contributed by atoms with E-state index in [0.717, 1.165) is 11.5 Å². The third-order valence-corrected chi connectivity index (χ3v) is 2.56. The number of nitrogens with zero attached hydrogens (tertiary/aromatic N) is 1. The van der Waals surface area contributed by atoms with Gasteiger partial charge in [0, 0.05) is 25.6 Å². The quantitative estimate of drug-likeness (QED) is 0.477. The molecule has 0 heterocycles. The summed E-state index contributed by atoms with van der Waals surface area (Å²) in [6, 6.07) is 0. The number of thioether (sulfide) groups is 1. The maximum atomic E-state index is 2.31. The Labute approximate surface area is 86.9 Å². The van der Waals surface area contributed by atoms with Gasteiger partial charge >= 0.3 is 0 Å². The van der Waals surface area contributed by atoms with Crippen molar-refractivity contribution >= 4 is 11.8 Å². The second kappa shape index (κ2) is 8.24. The first-order valence-corrected chi connectivity index (χ1v) is 5.88. The zero-order chi connectivity index (χ0) is 10.1. The summed E-state index contributed by atoms with van der Waals surface area (Å²) in [6.07, 6.45) is 7.78. The van der Waals surface area contributed by atoms with Gasteiger partial charge in [-0.2, -0.15) is 11.8 Å². The van der Waals surface area contributed by atoms with Crippen LogP contribution >= 0.6 is 11.8 Å². The molecule has 0 bridgehead atoms. The van der Waals surface area contributed by atoms with E-state index in [9.17, 15) is 0 Å². The Hall–Kier alpha value is -0.370. The van der Waals surface area contributed by atoms with Crippen LogP contribution < -0.4 is 0 Å². The standard InChI is InChI=1S/C11H21NS/c1-5-11(2)7-10-13-9-6-8-12(3)4/h6-8H,5,9-10H2,1-4H3/b8-6?,11-7-. The topological polar surface area (TPSA) is 3.24 Å². The molecule has 0 aromatic carbocycles. The van der Waals surface area contributed by atoms with Crippen LogP contribution in [0.15, 0.2) is 23.9 Å². The van der Waals surface area contributed by atoms with Crippen LogP contribution in [0.1, 0.15) is 20.3 Å². The largest absolute Gasteiger partial charge is 0.384 e. The van der Waals surface area contributed by atoms with Crippen molar-refractivity contribution in [3.05, 3.63) is 23.9 Å². The number of hydrogen-bond donors (Lipinski definition) is 0. The SMILES string of the molecule is CC/C(C)=C\CSCC=CN(C)C. The second-order valence-corrected chi connectivity index (χ2v) is 4.36. The van der Waals surface area contributed by atoms with Crippen LogP contribution in [-0.4, -0.2) is 30.5 Å². The van der Waals surface area contributed by atoms with Crippen molar-refractivity contribution in [3.8, 4) is 0 Å². The minimum atomic E-state index is 1.10. The second-order valence-electron chi connectivity index (χ2n) is 3.29. The molecule has 0 aromatic rings. The zero-order valence-electron chi connectivity index (χ0n) is 9.21. The van der Waals surface area contributed by atoms with Gasteiger partial charge in [-0.15, -0.1) is 0 Å². The fourth-order valence-electron chi connectivity index (χ4n) is 0.735. The fraction of sp³-hybridized carbons (Fsp3) is 0.636. The minimum absolute atomic E-state index is 1.10. The summed E-state index contributed by atoms with van der Waals surface area (Å²) < 4.78 is 0. The predicted octanol–water partition coefficient (Wildman–Crippen LogP) is 3.15. The molecule has 0 saturated carbocycles. The van der Waals surface area contributed by atoms with E-state index in [-0.39, 0.29) is 0 Å². The van der Waals surface area contributed by atoms with Crippen molar-refractivity contribution in [1.29, 1.82) is 0 Å². The summed E-state index contributed by atoms with van der Waals surface area (Å²) >= 11 is 1.95. The van der Waals surface area contributed by atoms with Crippen molar-refractivity contribution in [1.82, 2.24) is 4.90 Å². The van der Waals surface area contributed by atoms with Gasteiger partial charge in [-0.3, -0.25) is 0 Å². The summed E-state index contributed by atoms with van der Waals surface area (Å²) in [4.78, 5) is 2.06. The summed E-state index contributed by atoms with van der Waals surface area (Å²) in [5.41, 5.74) is 1.49. The Balaban J connectivity index is 3.36. The average Bonchev–Trinajstić information content (AvgIpc) is 2.10. The highest BCUT2D eigenvalue weighted by Crippen LogP contribution is 2.05. The van der Waals surface area contributed by atoms with Crippen molar-refractivity contribution in [2.45, 2.75) is 20.3 Å². The van der Waals surface area contributed by atoms with E-state index in [0.29, 0.717) is 0 Å². The predicted molar refractivity (Wildman–Crippen MR) is 64.2 cm³/mol. The van der Waals surface area contributed by atoms with E-state index >= 15 is 0 Å². The van der Waals surface area contributed by atoms with Gasteiger partial charge in [-0.05, 0) is 19.5 Å². The molecule has 0 rings (SSSR count). The molecule has 0 aromatic heterocycles. The van der Waals surface area contributed by atoms with Crippen LogP contribution in [0, 0.1) is 0 Å². The van der Waals surface area contributed by atoms with E-state index in [1.807, 2.05) is 25.9 Å². The van der Waals surface area contributed by atoms with Gasteiger partial charge in [-0.25, -0.2) is 0 Å². The van der Waals surface area contributed by atoms with Gasteiger partial charge < -0.3 is 4.90 Å². The Bertz CT molecular complexity index is 171. The minimum Gasteiger partial charge on any atom is -0.384 e. The molecule has 1 nitrogen and oxygen atoms in total. The highest BCUT2D eigenvalue weighted by Gasteiger charge is 1.84.